The van der Waals surface area contributed by atoms with E-state index in [0.717, 1.165) is 4.90 Å². The lowest BCUT2D eigenvalue weighted by Gasteiger charge is -2.28. The minimum absolute atomic E-state index is 0.235. The van der Waals surface area contributed by atoms with E-state index in [4.69, 9.17) is 11.6 Å². The lowest BCUT2D eigenvalue weighted by Crippen LogP contribution is -2.52. The molecule has 1 saturated heterocycles. The zero-order chi connectivity index (χ0) is 14.9. The Hall–Kier alpha value is -1.40. The average Bonchev–Trinajstić information content (AvgIpc) is 2.42. The summed E-state index contributed by atoms with van der Waals surface area (Å²) in [4.78, 5) is 36.5. The quantitative estimate of drug-likeness (QED) is 0.821. The van der Waals surface area contributed by atoms with Gasteiger partial charge in [0.1, 0.15) is 6.04 Å². The molecular weight excluding hydrogens is 348 g/mol. The molecule has 1 unspecified atom stereocenters. The molecule has 0 bridgehead atoms. The van der Waals surface area contributed by atoms with E-state index in [1.807, 2.05) is 0 Å². The molecule has 0 aliphatic carbocycles. The highest BCUT2D eigenvalue weighted by atomic mass is 79.9. The van der Waals surface area contributed by atoms with Gasteiger partial charge in [0.05, 0.1) is 10.6 Å². The van der Waals surface area contributed by atoms with Gasteiger partial charge in [-0.2, -0.15) is 0 Å². The second-order valence-electron chi connectivity index (χ2n) is 4.46. The molecule has 5 nitrogen and oxygen atoms in total. The Labute approximate surface area is 129 Å². The molecule has 0 saturated carbocycles. The Morgan fingerprint density at radius 1 is 1.45 bits per heavy atom. The highest BCUT2D eigenvalue weighted by Gasteiger charge is 2.33. The van der Waals surface area contributed by atoms with Gasteiger partial charge in [-0.15, -0.1) is 0 Å². The smallest absolute Gasteiger partial charge is 0.253 e. The number of carbonyl (C=O) groups is 3. The second-order valence-corrected chi connectivity index (χ2v) is 5.69. The third kappa shape index (κ3) is 2.86. The van der Waals surface area contributed by atoms with Crippen molar-refractivity contribution in [1.82, 2.24) is 10.2 Å². The first-order chi connectivity index (χ1) is 9.41. The third-order valence-electron chi connectivity index (χ3n) is 3.15. The Morgan fingerprint density at radius 2 is 2.15 bits per heavy atom. The Balaban J connectivity index is 2.14. The normalized spacial score (nSPS) is 19.1. The fourth-order valence-corrected chi connectivity index (χ4v) is 2.54. The molecule has 1 heterocycles. The van der Waals surface area contributed by atoms with Gasteiger partial charge in [-0.1, -0.05) is 17.7 Å². The molecule has 2 rings (SSSR count). The van der Waals surface area contributed by atoms with Crippen LogP contribution in [0.1, 0.15) is 23.2 Å². The van der Waals surface area contributed by atoms with Crippen molar-refractivity contribution in [3.05, 3.63) is 33.3 Å². The fourth-order valence-electron chi connectivity index (χ4n) is 1.96. The Morgan fingerprint density at radius 3 is 2.85 bits per heavy atom. The summed E-state index contributed by atoms with van der Waals surface area (Å²) >= 11 is 9.27. The molecule has 3 amide bonds. The highest BCUT2D eigenvalue weighted by Crippen LogP contribution is 2.26. The lowest BCUT2D eigenvalue weighted by molar-refractivity contribution is -0.147. The molecule has 1 aliphatic heterocycles. The molecule has 1 N–H and O–H groups in total. The standard InChI is InChI=1S/C13H12BrClN2O3/c1-17-10(18)6-5-9(13(17)20)16-12(19)7-3-2-4-8(14)11(7)15/h2-4,9H,5-6H2,1H3,(H,16,19). The van der Waals surface area contributed by atoms with Gasteiger partial charge in [0.25, 0.3) is 11.8 Å². The number of rotatable bonds is 2. The predicted octanol–water partition coefficient (Wildman–Crippen LogP) is 1.98. The van der Waals surface area contributed by atoms with E-state index in [1.54, 1.807) is 18.2 Å². The monoisotopic (exact) mass is 358 g/mol. The number of nitrogens with zero attached hydrogens (tertiary/aromatic N) is 1. The van der Waals surface area contributed by atoms with Crippen molar-refractivity contribution < 1.29 is 14.4 Å². The number of likely N-dealkylation sites (N-methyl/N-ethyl adjacent to an activating group) is 1. The number of hydrogen-bond acceptors (Lipinski definition) is 3. The van der Waals surface area contributed by atoms with Gasteiger partial charge in [0, 0.05) is 17.9 Å². The van der Waals surface area contributed by atoms with Crippen LogP contribution in [0, 0.1) is 0 Å². The largest absolute Gasteiger partial charge is 0.340 e. The molecule has 1 fully saturated rings. The summed E-state index contributed by atoms with van der Waals surface area (Å²) < 4.78 is 0.606. The van der Waals surface area contributed by atoms with Crippen LogP contribution in [-0.2, 0) is 9.59 Å². The number of amides is 3. The first-order valence-electron chi connectivity index (χ1n) is 5.97. The zero-order valence-corrected chi connectivity index (χ0v) is 13.0. The minimum Gasteiger partial charge on any atom is -0.340 e. The van der Waals surface area contributed by atoms with Crippen LogP contribution in [0.4, 0.5) is 0 Å². The molecule has 1 aromatic rings. The Bertz CT molecular complexity index is 591. The molecule has 20 heavy (non-hydrogen) atoms. The topological polar surface area (TPSA) is 66.5 Å². The summed E-state index contributed by atoms with van der Waals surface area (Å²) in [5.41, 5.74) is 0.286. The van der Waals surface area contributed by atoms with Gasteiger partial charge in [0.2, 0.25) is 5.91 Å². The summed E-state index contributed by atoms with van der Waals surface area (Å²) in [6.45, 7) is 0. The maximum absolute atomic E-state index is 12.1. The van der Waals surface area contributed by atoms with Crippen LogP contribution < -0.4 is 5.32 Å². The van der Waals surface area contributed by atoms with E-state index in [9.17, 15) is 14.4 Å². The maximum Gasteiger partial charge on any atom is 0.253 e. The molecule has 1 aliphatic rings. The third-order valence-corrected chi connectivity index (χ3v) is 4.45. The summed E-state index contributed by atoms with van der Waals surface area (Å²) in [6.07, 6.45) is 0.540. The van der Waals surface area contributed by atoms with Crippen LogP contribution in [0.25, 0.3) is 0 Å². The van der Waals surface area contributed by atoms with Crippen LogP contribution in [0.15, 0.2) is 22.7 Å². The van der Waals surface area contributed by atoms with E-state index < -0.39 is 17.9 Å². The van der Waals surface area contributed by atoms with Crippen LogP contribution in [0.2, 0.25) is 5.02 Å². The molecule has 0 radical (unpaired) electrons. The summed E-state index contributed by atoms with van der Waals surface area (Å²) in [6, 6.07) is 4.28. The number of nitrogens with one attached hydrogen (secondary N) is 1. The van der Waals surface area contributed by atoms with E-state index in [2.05, 4.69) is 21.2 Å². The van der Waals surface area contributed by atoms with E-state index >= 15 is 0 Å². The van der Waals surface area contributed by atoms with Crippen molar-refractivity contribution in [1.29, 1.82) is 0 Å². The number of piperidine rings is 1. The minimum atomic E-state index is -0.694. The van der Waals surface area contributed by atoms with E-state index in [1.165, 1.54) is 7.05 Å². The SMILES string of the molecule is CN1C(=O)CCC(NC(=O)c2cccc(Br)c2Cl)C1=O. The van der Waals surface area contributed by atoms with E-state index in [0.29, 0.717) is 10.9 Å². The van der Waals surface area contributed by atoms with Crippen molar-refractivity contribution in [3.63, 3.8) is 0 Å². The molecular formula is C13H12BrClN2O3. The van der Waals surface area contributed by atoms with Gasteiger partial charge >= 0.3 is 0 Å². The van der Waals surface area contributed by atoms with E-state index in [-0.39, 0.29) is 22.9 Å². The number of carbonyl (C=O) groups excluding carboxylic acids is 3. The summed E-state index contributed by atoms with van der Waals surface area (Å²) in [5, 5.41) is 2.91. The van der Waals surface area contributed by atoms with Crippen molar-refractivity contribution >= 4 is 45.3 Å². The van der Waals surface area contributed by atoms with Crippen molar-refractivity contribution in [2.24, 2.45) is 0 Å². The molecule has 7 heteroatoms. The maximum atomic E-state index is 12.1. The van der Waals surface area contributed by atoms with Crippen LogP contribution >= 0.6 is 27.5 Å². The molecule has 0 spiro atoms. The van der Waals surface area contributed by atoms with Gasteiger partial charge in [0.15, 0.2) is 0 Å². The lowest BCUT2D eigenvalue weighted by atomic mass is 10.0. The van der Waals surface area contributed by atoms with Crippen molar-refractivity contribution in [2.75, 3.05) is 7.05 Å². The highest BCUT2D eigenvalue weighted by molar-refractivity contribution is 9.10. The van der Waals surface area contributed by atoms with Gasteiger partial charge < -0.3 is 5.32 Å². The molecule has 0 aromatic heterocycles. The Kier molecular flexibility index (Phi) is 4.45. The fraction of sp³-hybridized carbons (Fsp3) is 0.308. The zero-order valence-electron chi connectivity index (χ0n) is 10.7. The van der Waals surface area contributed by atoms with Gasteiger partial charge in [-0.05, 0) is 34.5 Å². The summed E-state index contributed by atoms with van der Waals surface area (Å²) in [7, 11) is 1.41. The van der Waals surface area contributed by atoms with Crippen LogP contribution in [0.3, 0.4) is 0 Å². The first kappa shape index (κ1) is 15.0. The van der Waals surface area contributed by atoms with Gasteiger partial charge in [-0.25, -0.2) is 0 Å². The van der Waals surface area contributed by atoms with Crippen molar-refractivity contribution in [2.45, 2.75) is 18.9 Å². The summed E-state index contributed by atoms with van der Waals surface area (Å²) in [5.74, 6) is -1.07. The molecule has 1 atom stereocenters. The number of benzene rings is 1. The number of likely N-dealkylation sites (tertiary alicyclic amines) is 1. The predicted molar refractivity (Wildman–Crippen MR) is 77.4 cm³/mol. The number of imide groups is 1. The number of halogens is 2. The first-order valence-corrected chi connectivity index (χ1v) is 7.14. The van der Waals surface area contributed by atoms with Crippen molar-refractivity contribution in [3.8, 4) is 0 Å². The second kappa shape index (κ2) is 5.93. The van der Waals surface area contributed by atoms with Gasteiger partial charge in [-0.3, -0.25) is 19.3 Å². The average molecular weight is 360 g/mol. The van der Waals surface area contributed by atoms with Crippen LogP contribution in [0.5, 0.6) is 0 Å². The molecule has 106 valence electrons. The number of hydrogen-bond donors (Lipinski definition) is 1. The molecule has 1 aromatic carbocycles. The van der Waals surface area contributed by atoms with Crippen LogP contribution in [-0.4, -0.2) is 35.7 Å².